The third-order valence-corrected chi connectivity index (χ3v) is 5.76. The molecule has 0 saturated heterocycles. The van der Waals surface area contributed by atoms with Crippen molar-refractivity contribution >= 4 is 34.3 Å². The minimum absolute atomic E-state index is 0.0173. The molecule has 3 heterocycles. The Morgan fingerprint density at radius 3 is 2.53 bits per heavy atom. The number of anilines is 2. The predicted octanol–water partition coefficient (Wildman–Crippen LogP) is 6.57. The zero-order chi connectivity index (χ0) is 24.6. The van der Waals surface area contributed by atoms with Crippen LogP contribution in [-0.4, -0.2) is 40.5 Å². The summed E-state index contributed by atoms with van der Waals surface area (Å²) in [5.74, 6) is 0.816. The van der Waals surface area contributed by atoms with Gasteiger partial charge in [0.15, 0.2) is 6.10 Å². The van der Waals surface area contributed by atoms with Gasteiger partial charge in [0, 0.05) is 24.7 Å². The number of alkyl halides is 5. The number of halogens is 6. The van der Waals surface area contributed by atoms with Gasteiger partial charge in [0.05, 0.1) is 28.5 Å². The van der Waals surface area contributed by atoms with Crippen LogP contribution >= 0.6 is 11.6 Å². The first-order chi connectivity index (χ1) is 16.1. The maximum atomic E-state index is 13.7. The largest absolute Gasteiger partial charge is 0.478 e. The highest BCUT2D eigenvalue weighted by Gasteiger charge is 2.45. The van der Waals surface area contributed by atoms with Crippen molar-refractivity contribution in [2.45, 2.75) is 52.1 Å². The standard InChI is InChI=1S/C22H22ClF5N4O2/c1-3-11-33-16-8-7-15(12(2)29-16)31-9-4-10-32-18-13(19(22(26,27)28)34-20(24)25)5-6-14(23)17(18)30-21(31)32/h5-8,19-20H,3-4,9-11H2,1-2H3. The molecule has 1 unspecified atom stereocenters. The molecule has 1 aliphatic heterocycles. The first-order valence-corrected chi connectivity index (χ1v) is 11.1. The minimum Gasteiger partial charge on any atom is -0.478 e. The summed E-state index contributed by atoms with van der Waals surface area (Å²) in [4.78, 5) is 10.8. The summed E-state index contributed by atoms with van der Waals surface area (Å²) in [6.45, 7) is 1.55. The highest BCUT2D eigenvalue weighted by Crippen LogP contribution is 2.44. The summed E-state index contributed by atoms with van der Waals surface area (Å²) in [5, 5.41) is 0.108. The lowest BCUT2D eigenvalue weighted by Crippen LogP contribution is -2.30. The van der Waals surface area contributed by atoms with Gasteiger partial charge in [-0.25, -0.2) is 9.97 Å². The van der Waals surface area contributed by atoms with Gasteiger partial charge >= 0.3 is 12.8 Å². The number of nitrogens with zero attached hydrogens (tertiary/aromatic N) is 4. The van der Waals surface area contributed by atoms with E-state index in [2.05, 4.69) is 14.7 Å². The van der Waals surface area contributed by atoms with E-state index in [1.807, 2.05) is 17.9 Å². The monoisotopic (exact) mass is 504 g/mol. The van der Waals surface area contributed by atoms with E-state index in [-0.39, 0.29) is 16.1 Å². The van der Waals surface area contributed by atoms with Crippen LogP contribution in [0.5, 0.6) is 5.88 Å². The van der Waals surface area contributed by atoms with E-state index < -0.39 is 24.5 Å². The van der Waals surface area contributed by atoms with Crippen LogP contribution < -0.4 is 9.64 Å². The van der Waals surface area contributed by atoms with E-state index in [0.717, 1.165) is 12.5 Å². The van der Waals surface area contributed by atoms with Gasteiger partial charge in [-0.05, 0) is 31.9 Å². The smallest absolute Gasteiger partial charge is 0.419 e. The highest BCUT2D eigenvalue weighted by molar-refractivity contribution is 6.35. The lowest BCUT2D eigenvalue weighted by atomic mass is 10.1. The fourth-order valence-electron chi connectivity index (χ4n) is 4.10. The molecule has 12 heteroatoms. The first kappa shape index (κ1) is 24.5. The van der Waals surface area contributed by atoms with Gasteiger partial charge in [0.1, 0.15) is 5.52 Å². The fraction of sp³-hybridized carbons (Fsp3) is 0.455. The molecular weight excluding hydrogens is 483 g/mol. The maximum Gasteiger partial charge on any atom is 0.419 e. The molecule has 0 amide bonds. The molecule has 6 nitrogen and oxygen atoms in total. The molecule has 1 aliphatic rings. The second kappa shape index (κ2) is 9.53. The van der Waals surface area contributed by atoms with Crippen LogP contribution in [-0.2, 0) is 11.3 Å². The fourth-order valence-corrected chi connectivity index (χ4v) is 4.29. The van der Waals surface area contributed by atoms with Gasteiger partial charge in [-0.15, -0.1) is 0 Å². The van der Waals surface area contributed by atoms with Crippen molar-refractivity contribution in [3.63, 3.8) is 0 Å². The third-order valence-electron chi connectivity index (χ3n) is 5.46. The predicted molar refractivity (Wildman–Crippen MR) is 117 cm³/mol. The Balaban J connectivity index is 1.84. The van der Waals surface area contributed by atoms with Crippen molar-refractivity contribution in [2.75, 3.05) is 18.1 Å². The Morgan fingerprint density at radius 1 is 1.12 bits per heavy atom. The molecular formula is C22H22ClF5N4O2. The zero-order valence-electron chi connectivity index (χ0n) is 18.4. The van der Waals surface area contributed by atoms with E-state index in [0.29, 0.717) is 49.3 Å². The molecule has 0 saturated carbocycles. The first-order valence-electron chi connectivity index (χ1n) is 10.7. The molecule has 1 atom stereocenters. The van der Waals surface area contributed by atoms with Crippen LogP contribution in [0.25, 0.3) is 11.0 Å². The molecule has 2 aromatic heterocycles. The van der Waals surface area contributed by atoms with Crippen molar-refractivity contribution in [2.24, 2.45) is 0 Å². The minimum atomic E-state index is -5.06. The number of aromatic nitrogens is 3. The van der Waals surface area contributed by atoms with Gasteiger partial charge in [-0.2, -0.15) is 22.0 Å². The van der Waals surface area contributed by atoms with Crippen molar-refractivity contribution < 1.29 is 31.4 Å². The number of ether oxygens (including phenoxy) is 2. The van der Waals surface area contributed by atoms with E-state index in [1.54, 1.807) is 17.6 Å². The topological polar surface area (TPSA) is 52.4 Å². The molecule has 4 rings (SSSR count). The second-order valence-electron chi connectivity index (χ2n) is 7.82. The summed E-state index contributed by atoms with van der Waals surface area (Å²) in [5.41, 5.74) is 0.986. The number of benzene rings is 1. The Bertz CT molecular complexity index is 1180. The number of fused-ring (bicyclic) bond motifs is 3. The summed E-state index contributed by atoms with van der Waals surface area (Å²) >= 11 is 6.27. The van der Waals surface area contributed by atoms with Gasteiger partial charge < -0.3 is 18.9 Å². The van der Waals surface area contributed by atoms with Crippen LogP contribution in [0, 0.1) is 6.92 Å². The van der Waals surface area contributed by atoms with Gasteiger partial charge in [-0.3, -0.25) is 0 Å². The van der Waals surface area contributed by atoms with Crippen LogP contribution in [0.3, 0.4) is 0 Å². The number of pyridine rings is 1. The molecule has 34 heavy (non-hydrogen) atoms. The lowest BCUT2D eigenvalue weighted by Gasteiger charge is -2.30. The molecule has 3 aromatic rings. The summed E-state index contributed by atoms with van der Waals surface area (Å²) in [6, 6.07) is 5.80. The lowest BCUT2D eigenvalue weighted by molar-refractivity contribution is -0.276. The van der Waals surface area contributed by atoms with Crippen molar-refractivity contribution in [1.29, 1.82) is 0 Å². The van der Waals surface area contributed by atoms with Crippen LogP contribution in [0.4, 0.5) is 33.6 Å². The van der Waals surface area contributed by atoms with Gasteiger partial charge in [-0.1, -0.05) is 24.6 Å². The third kappa shape index (κ3) is 4.63. The molecule has 0 bridgehead atoms. The molecule has 0 N–H and O–H groups in total. The number of hydrogen-bond acceptors (Lipinski definition) is 5. The number of imidazole rings is 1. The molecule has 0 aliphatic carbocycles. The summed E-state index contributed by atoms with van der Waals surface area (Å²) in [7, 11) is 0. The van der Waals surface area contributed by atoms with Gasteiger partial charge in [0.2, 0.25) is 11.8 Å². The molecule has 0 radical (unpaired) electrons. The van der Waals surface area contributed by atoms with Crippen molar-refractivity contribution in [1.82, 2.24) is 14.5 Å². The van der Waals surface area contributed by atoms with E-state index >= 15 is 0 Å². The Kier molecular flexibility index (Phi) is 6.86. The molecule has 0 spiro atoms. The molecule has 1 aromatic carbocycles. The van der Waals surface area contributed by atoms with Crippen molar-refractivity contribution in [3.8, 4) is 5.88 Å². The van der Waals surface area contributed by atoms with Crippen LogP contribution in [0.15, 0.2) is 24.3 Å². The molecule has 0 fully saturated rings. The normalized spacial score (nSPS) is 15.1. The summed E-state index contributed by atoms with van der Waals surface area (Å²) in [6.07, 6.45) is -6.49. The zero-order valence-corrected chi connectivity index (χ0v) is 19.1. The Morgan fingerprint density at radius 2 is 1.88 bits per heavy atom. The van der Waals surface area contributed by atoms with Crippen LogP contribution in [0.2, 0.25) is 5.02 Å². The maximum absolute atomic E-state index is 13.7. The van der Waals surface area contributed by atoms with E-state index in [9.17, 15) is 22.0 Å². The Labute approximate surface area is 197 Å². The average molecular weight is 505 g/mol. The van der Waals surface area contributed by atoms with Crippen molar-refractivity contribution in [3.05, 3.63) is 40.5 Å². The highest BCUT2D eigenvalue weighted by atomic mass is 35.5. The SMILES string of the molecule is CCCOc1ccc(N2CCCn3c2nc2c(Cl)ccc(C(OC(F)F)C(F)(F)F)c23)c(C)n1. The van der Waals surface area contributed by atoms with E-state index in [4.69, 9.17) is 16.3 Å². The number of rotatable bonds is 7. The second-order valence-corrected chi connectivity index (χ2v) is 8.23. The van der Waals surface area contributed by atoms with Gasteiger partial charge in [0.25, 0.3) is 0 Å². The molecule has 184 valence electrons. The average Bonchev–Trinajstić information content (AvgIpc) is 3.17. The summed E-state index contributed by atoms with van der Waals surface area (Å²) < 4.78 is 78.0. The van der Waals surface area contributed by atoms with E-state index in [1.165, 1.54) is 6.07 Å². The number of hydrogen-bond donors (Lipinski definition) is 0. The quantitative estimate of drug-likeness (QED) is 0.341. The number of aryl methyl sites for hydroxylation is 2. The Hall–Kier alpha value is -2.66. The van der Waals surface area contributed by atoms with Crippen LogP contribution in [0.1, 0.15) is 37.1 Å².